The number of benzene rings is 1. The molecule has 6 heteroatoms. The van der Waals surface area contributed by atoms with E-state index in [1.807, 2.05) is 29.8 Å². The maximum atomic E-state index is 5.91. The van der Waals surface area contributed by atoms with E-state index >= 15 is 0 Å². The Bertz CT molecular complexity index is 586. The van der Waals surface area contributed by atoms with E-state index in [4.69, 9.17) is 10.5 Å². The molecule has 0 aliphatic heterocycles. The number of anilines is 1. The fourth-order valence-electron chi connectivity index (χ4n) is 2.32. The molecule has 0 saturated carbocycles. The van der Waals surface area contributed by atoms with Crippen molar-refractivity contribution in [3.05, 3.63) is 23.8 Å². The van der Waals surface area contributed by atoms with Crippen molar-refractivity contribution in [2.24, 2.45) is 5.41 Å². The summed E-state index contributed by atoms with van der Waals surface area (Å²) < 4.78 is 7.00. The number of nitrogen functional groups attached to an aromatic ring is 1. The van der Waals surface area contributed by atoms with E-state index in [0.717, 1.165) is 42.2 Å². The van der Waals surface area contributed by atoms with Crippen LogP contribution in [-0.4, -0.2) is 33.9 Å². The minimum atomic E-state index is 0.0511. The SMILES string of the molecule is COCCC(C)(C)Cn1nnnc1-c1cc(C)cc(N)c1. The molecule has 0 bridgehead atoms. The number of rotatable bonds is 6. The maximum Gasteiger partial charge on any atom is 0.182 e. The van der Waals surface area contributed by atoms with Crippen LogP contribution in [0.4, 0.5) is 5.69 Å². The summed E-state index contributed by atoms with van der Waals surface area (Å²) in [6.45, 7) is 7.83. The molecule has 0 atom stereocenters. The predicted octanol–water partition coefficient (Wildman–Crippen LogP) is 2.29. The first-order valence-electron chi connectivity index (χ1n) is 7.04. The van der Waals surface area contributed by atoms with Crippen LogP contribution in [0.15, 0.2) is 18.2 Å². The first-order valence-corrected chi connectivity index (χ1v) is 7.04. The minimum Gasteiger partial charge on any atom is -0.399 e. The molecule has 21 heavy (non-hydrogen) atoms. The van der Waals surface area contributed by atoms with Gasteiger partial charge in [-0.3, -0.25) is 0 Å². The molecule has 2 aromatic rings. The number of aryl methyl sites for hydroxylation is 1. The lowest BCUT2D eigenvalue weighted by molar-refractivity contribution is 0.140. The summed E-state index contributed by atoms with van der Waals surface area (Å²) in [5, 5.41) is 12.1. The van der Waals surface area contributed by atoms with Gasteiger partial charge >= 0.3 is 0 Å². The molecule has 0 aliphatic carbocycles. The molecule has 0 spiro atoms. The molecule has 6 nitrogen and oxygen atoms in total. The highest BCUT2D eigenvalue weighted by Crippen LogP contribution is 2.26. The van der Waals surface area contributed by atoms with E-state index in [1.54, 1.807) is 7.11 Å². The fraction of sp³-hybridized carbons (Fsp3) is 0.533. The van der Waals surface area contributed by atoms with Crippen molar-refractivity contribution >= 4 is 5.69 Å². The maximum absolute atomic E-state index is 5.91. The molecule has 0 saturated heterocycles. The standard InChI is InChI=1S/C15H23N5O/c1-11-7-12(9-13(16)8-11)14-17-18-19-20(14)10-15(2,3)5-6-21-4/h7-9H,5-6,10,16H2,1-4H3. The fourth-order valence-corrected chi connectivity index (χ4v) is 2.32. The van der Waals surface area contributed by atoms with Crippen LogP contribution in [0, 0.1) is 12.3 Å². The molecule has 2 rings (SSSR count). The monoisotopic (exact) mass is 289 g/mol. The van der Waals surface area contributed by atoms with Crippen molar-refractivity contribution in [1.82, 2.24) is 20.2 Å². The summed E-state index contributed by atoms with van der Waals surface area (Å²) in [6, 6.07) is 5.87. The number of nitrogens with zero attached hydrogens (tertiary/aromatic N) is 4. The van der Waals surface area contributed by atoms with Gasteiger partial charge in [-0.15, -0.1) is 5.10 Å². The second kappa shape index (κ2) is 6.22. The van der Waals surface area contributed by atoms with Crippen molar-refractivity contribution in [3.8, 4) is 11.4 Å². The number of hydrogen-bond donors (Lipinski definition) is 1. The Morgan fingerprint density at radius 3 is 2.71 bits per heavy atom. The van der Waals surface area contributed by atoms with E-state index in [0.29, 0.717) is 0 Å². The molecule has 1 heterocycles. The lowest BCUT2D eigenvalue weighted by Gasteiger charge is -2.24. The third-order valence-electron chi connectivity index (χ3n) is 3.45. The minimum absolute atomic E-state index is 0.0511. The second-order valence-electron chi connectivity index (χ2n) is 6.20. The van der Waals surface area contributed by atoms with Gasteiger partial charge in [-0.2, -0.15) is 0 Å². The third kappa shape index (κ3) is 4.01. The van der Waals surface area contributed by atoms with Crippen LogP contribution in [0.5, 0.6) is 0 Å². The van der Waals surface area contributed by atoms with E-state index in [-0.39, 0.29) is 5.41 Å². The van der Waals surface area contributed by atoms with Gasteiger partial charge in [-0.05, 0) is 52.9 Å². The average molecular weight is 289 g/mol. The van der Waals surface area contributed by atoms with Crippen molar-refractivity contribution in [1.29, 1.82) is 0 Å². The van der Waals surface area contributed by atoms with E-state index in [2.05, 4.69) is 29.4 Å². The van der Waals surface area contributed by atoms with E-state index in [1.165, 1.54) is 0 Å². The van der Waals surface area contributed by atoms with Crippen molar-refractivity contribution in [2.75, 3.05) is 19.5 Å². The highest BCUT2D eigenvalue weighted by molar-refractivity contribution is 5.62. The highest BCUT2D eigenvalue weighted by atomic mass is 16.5. The number of methoxy groups -OCH3 is 1. The molecule has 0 aliphatic rings. The van der Waals surface area contributed by atoms with E-state index < -0.39 is 0 Å². The Labute approximate surface area is 125 Å². The Morgan fingerprint density at radius 2 is 2.05 bits per heavy atom. The molecule has 114 valence electrons. The molecular weight excluding hydrogens is 266 g/mol. The summed E-state index contributed by atoms with van der Waals surface area (Å²) in [5.41, 5.74) is 8.73. The summed E-state index contributed by atoms with van der Waals surface area (Å²) >= 11 is 0. The van der Waals surface area contributed by atoms with Crippen LogP contribution in [-0.2, 0) is 11.3 Å². The molecule has 0 amide bonds. The number of hydrogen-bond acceptors (Lipinski definition) is 5. The van der Waals surface area contributed by atoms with Gasteiger partial charge in [-0.25, -0.2) is 4.68 Å². The molecule has 0 radical (unpaired) electrons. The van der Waals surface area contributed by atoms with Crippen molar-refractivity contribution in [2.45, 2.75) is 33.7 Å². The van der Waals surface area contributed by atoms with Crippen LogP contribution < -0.4 is 5.73 Å². The van der Waals surface area contributed by atoms with Crippen LogP contribution in [0.1, 0.15) is 25.8 Å². The van der Waals surface area contributed by atoms with E-state index in [9.17, 15) is 0 Å². The van der Waals surface area contributed by atoms with Gasteiger partial charge in [0.1, 0.15) is 0 Å². The van der Waals surface area contributed by atoms with Crippen molar-refractivity contribution < 1.29 is 4.74 Å². The topological polar surface area (TPSA) is 78.8 Å². The normalized spacial score (nSPS) is 11.8. The van der Waals surface area contributed by atoms with Crippen molar-refractivity contribution in [3.63, 3.8) is 0 Å². The quantitative estimate of drug-likeness (QED) is 0.825. The first kappa shape index (κ1) is 15.4. The lowest BCUT2D eigenvalue weighted by atomic mass is 9.89. The molecular formula is C15H23N5O. The highest BCUT2D eigenvalue weighted by Gasteiger charge is 2.21. The average Bonchev–Trinajstić information content (AvgIpc) is 2.82. The summed E-state index contributed by atoms with van der Waals surface area (Å²) in [6.07, 6.45) is 0.943. The number of ether oxygens (including phenoxy) is 1. The zero-order valence-corrected chi connectivity index (χ0v) is 13.1. The van der Waals surface area contributed by atoms with Gasteiger partial charge in [0.05, 0.1) is 6.54 Å². The lowest BCUT2D eigenvalue weighted by Crippen LogP contribution is -2.23. The van der Waals surface area contributed by atoms with Gasteiger partial charge < -0.3 is 10.5 Å². The summed E-state index contributed by atoms with van der Waals surface area (Å²) in [7, 11) is 1.72. The Morgan fingerprint density at radius 1 is 1.29 bits per heavy atom. The van der Waals surface area contributed by atoms with Gasteiger partial charge in [-0.1, -0.05) is 13.8 Å². The van der Waals surface area contributed by atoms with Gasteiger partial charge in [0, 0.05) is 25.0 Å². The van der Waals surface area contributed by atoms with Crippen LogP contribution in [0.3, 0.4) is 0 Å². The zero-order chi connectivity index (χ0) is 15.5. The smallest absolute Gasteiger partial charge is 0.182 e. The predicted molar refractivity (Wildman–Crippen MR) is 82.7 cm³/mol. The Balaban J connectivity index is 2.26. The molecule has 1 aromatic heterocycles. The summed E-state index contributed by atoms with van der Waals surface area (Å²) in [5.74, 6) is 0.746. The largest absolute Gasteiger partial charge is 0.399 e. The first-order chi connectivity index (χ1) is 9.91. The molecule has 0 unspecified atom stereocenters. The second-order valence-corrected chi connectivity index (χ2v) is 6.20. The van der Waals surface area contributed by atoms with Gasteiger partial charge in [0.2, 0.25) is 0 Å². The molecule has 0 fully saturated rings. The third-order valence-corrected chi connectivity index (χ3v) is 3.45. The van der Waals surface area contributed by atoms with Crippen LogP contribution in [0.2, 0.25) is 0 Å². The molecule has 2 N–H and O–H groups in total. The van der Waals surface area contributed by atoms with Crippen LogP contribution in [0.25, 0.3) is 11.4 Å². The number of nitrogens with two attached hydrogens (primary N) is 1. The van der Waals surface area contributed by atoms with Gasteiger partial charge in [0.25, 0.3) is 0 Å². The number of aromatic nitrogens is 4. The summed E-state index contributed by atoms with van der Waals surface area (Å²) in [4.78, 5) is 0. The van der Waals surface area contributed by atoms with Crippen LogP contribution >= 0.6 is 0 Å². The molecule has 1 aromatic carbocycles. The zero-order valence-electron chi connectivity index (χ0n) is 13.1. The Hall–Kier alpha value is -1.95. The van der Waals surface area contributed by atoms with Gasteiger partial charge in [0.15, 0.2) is 5.82 Å². The Kier molecular flexibility index (Phi) is 4.57. The number of tetrazole rings is 1.